The van der Waals surface area contributed by atoms with Crippen LogP contribution in [0.25, 0.3) is 0 Å². The topological polar surface area (TPSA) is 58.6 Å². The van der Waals surface area contributed by atoms with Crippen LogP contribution < -0.4 is 5.32 Å². The average molecular weight is 304 g/mol. The van der Waals surface area contributed by atoms with Crippen molar-refractivity contribution in [1.29, 1.82) is 0 Å². The van der Waals surface area contributed by atoms with Gasteiger partial charge in [-0.2, -0.15) is 0 Å². The Morgan fingerprint density at radius 1 is 1.27 bits per heavy atom. The van der Waals surface area contributed by atoms with Crippen molar-refractivity contribution in [3.63, 3.8) is 0 Å². The third kappa shape index (κ3) is 4.07. The van der Waals surface area contributed by atoms with Crippen LogP contribution in [0.4, 0.5) is 5.69 Å². The normalized spacial score (nSPS) is 16.2. The third-order valence-electron chi connectivity index (χ3n) is 3.88. The van der Waals surface area contributed by atoms with E-state index in [9.17, 15) is 9.59 Å². The first-order valence-electron chi connectivity index (χ1n) is 7.90. The van der Waals surface area contributed by atoms with E-state index >= 15 is 0 Å². The molecular weight excluding hydrogens is 280 g/mol. The molecule has 0 aliphatic carbocycles. The number of benzene rings is 1. The van der Waals surface area contributed by atoms with Gasteiger partial charge in [-0.25, -0.2) is 0 Å². The number of hydrogen-bond acceptors (Lipinski definition) is 3. The zero-order valence-corrected chi connectivity index (χ0v) is 13.3. The SMILES string of the molecule is CCC[C@@H](C)C(=O)Nc1ccccc1C(=O)N1CCOCC1. The maximum absolute atomic E-state index is 12.6. The van der Waals surface area contributed by atoms with Crippen LogP contribution in [0, 0.1) is 5.92 Å². The van der Waals surface area contributed by atoms with Crippen LogP contribution in [0.1, 0.15) is 37.0 Å². The van der Waals surface area contributed by atoms with Gasteiger partial charge in [0.1, 0.15) is 0 Å². The molecule has 2 rings (SSSR count). The summed E-state index contributed by atoms with van der Waals surface area (Å²) in [5, 5.41) is 2.90. The van der Waals surface area contributed by atoms with Gasteiger partial charge < -0.3 is 15.0 Å². The predicted molar refractivity (Wildman–Crippen MR) is 85.9 cm³/mol. The number of para-hydroxylation sites is 1. The number of carbonyl (C=O) groups excluding carboxylic acids is 2. The van der Waals surface area contributed by atoms with E-state index in [1.165, 1.54) is 0 Å². The van der Waals surface area contributed by atoms with Gasteiger partial charge in [0.2, 0.25) is 5.91 Å². The fraction of sp³-hybridized carbons (Fsp3) is 0.529. The fourth-order valence-corrected chi connectivity index (χ4v) is 2.54. The van der Waals surface area contributed by atoms with Gasteiger partial charge in [-0.05, 0) is 18.6 Å². The molecule has 120 valence electrons. The first kappa shape index (κ1) is 16.5. The van der Waals surface area contributed by atoms with E-state index in [4.69, 9.17) is 4.74 Å². The van der Waals surface area contributed by atoms with Crippen molar-refractivity contribution in [3.8, 4) is 0 Å². The van der Waals surface area contributed by atoms with Crippen molar-refractivity contribution >= 4 is 17.5 Å². The van der Waals surface area contributed by atoms with Crippen LogP contribution in [0.15, 0.2) is 24.3 Å². The number of ether oxygens (including phenoxy) is 1. The molecule has 0 spiro atoms. The number of amides is 2. The summed E-state index contributed by atoms with van der Waals surface area (Å²) < 4.78 is 5.28. The summed E-state index contributed by atoms with van der Waals surface area (Å²) in [5.74, 6) is -0.150. The Kier molecular flexibility index (Phi) is 5.95. The lowest BCUT2D eigenvalue weighted by Gasteiger charge is -2.27. The molecule has 0 unspecified atom stereocenters. The van der Waals surface area contributed by atoms with Gasteiger partial charge in [-0.1, -0.05) is 32.4 Å². The molecule has 2 amide bonds. The van der Waals surface area contributed by atoms with Crippen LogP contribution in [-0.4, -0.2) is 43.0 Å². The summed E-state index contributed by atoms with van der Waals surface area (Å²) in [6.45, 7) is 6.27. The lowest BCUT2D eigenvalue weighted by atomic mass is 10.0. The van der Waals surface area contributed by atoms with Crippen molar-refractivity contribution in [2.24, 2.45) is 5.92 Å². The lowest BCUT2D eigenvalue weighted by molar-refractivity contribution is -0.119. The Balaban J connectivity index is 2.12. The fourth-order valence-electron chi connectivity index (χ4n) is 2.54. The van der Waals surface area contributed by atoms with Gasteiger partial charge in [0, 0.05) is 19.0 Å². The molecule has 1 atom stereocenters. The molecule has 5 heteroatoms. The Bertz CT molecular complexity index is 524. The summed E-state index contributed by atoms with van der Waals surface area (Å²) in [4.78, 5) is 26.6. The highest BCUT2D eigenvalue weighted by atomic mass is 16.5. The minimum absolute atomic E-state index is 0.0379. The van der Waals surface area contributed by atoms with E-state index in [0.717, 1.165) is 12.8 Å². The second-order valence-electron chi connectivity index (χ2n) is 5.63. The number of nitrogens with one attached hydrogen (secondary N) is 1. The molecule has 1 aliphatic heterocycles. The Labute approximate surface area is 131 Å². The van der Waals surface area contributed by atoms with Gasteiger partial charge >= 0.3 is 0 Å². The van der Waals surface area contributed by atoms with Crippen molar-refractivity contribution in [2.75, 3.05) is 31.6 Å². The summed E-state index contributed by atoms with van der Waals surface area (Å²) in [6.07, 6.45) is 1.80. The van der Waals surface area contributed by atoms with Crippen molar-refractivity contribution in [2.45, 2.75) is 26.7 Å². The molecule has 1 N–H and O–H groups in total. The van der Waals surface area contributed by atoms with Gasteiger partial charge in [0.15, 0.2) is 0 Å². The van der Waals surface area contributed by atoms with Crippen molar-refractivity contribution in [1.82, 2.24) is 4.90 Å². The smallest absolute Gasteiger partial charge is 0.256 e. The molecule has 0 bridgehead atoms. The predicted octanol–water partition coefficient (Wildman–Crippen LogP) is 2.53. The first-order valence-corrected chi connectivity index (χ1v) is 7.90. The number of carbonyl (C=O) groups is 2. The monoisotopic (exact) mass is 304 g/mol. The highest BCUT2D eigenvalue weighted by molar-refractivity contribution is 6.04. The lowest BCUT2D eigenvalue weighted by Crippen LogP contribution is -2.41. The number of anilines is 1. The van der Waals surface area contributed by atoms with E-state index in [2.05, 4.69) is 12.2 Å². The van der Waals surface area contributed by atoms with Crippen LogP contribution in [0.5, 0.6) is 0 Å². The van der Waals surface area contributed by atoms with Crippen LogP contribution in [0.3, 0.4) is 0 Å². The maximum atomic E-state index is 12.6. The molecule has 1 aromatic rings. The molecule has 1 aliphatic rings. The summed E-state index contributed by atoms with van der Waals surface area (Å²) in [5.41, 5.74) is 1.13. The van der Waals surface area contributed by atoms with Crippen LogP contribution in [-0.2, 0) is 9.53 Å². The van der Waals surface area contributed by atoms with E-state index in [0.29, 0.717) is 37.6 Å². The van der Waals surface area contributed by atoms with Gasteiger partial charge in [-0.3, -0.25) is 9.59 Å². The summed E-state index contributed by atoms with van der Waals surface area (Å²) in [7, 11) is 0. The van der Waals surface area contributed by atoms with Crippen molar-refractivity contribution < 1.29 is 14.3 Å². The zero-order chi connectivity index (χ0) is 15.9. The Hall–Kier alpha value is -1.88. The summed E-state index contributed by atoms with van der Waals surface area (Å²) >= 11 is 0. The molecule has 5 nitrogen and oxygen atoms in total. The van der Waals surface area contributed by atoms with Crippen LogP contribution in [0.2, 0.25) is 0 Å². The molecule has 0 radical (unpaired) electrons. The molecule has 1 heterocycles. The number of nitrogens with zero attached hydrogens (tertiary/aromatic N) is 1. The minimum atomic E-state index is -0.0588. The van der Waals surface area contributed by atoms with Crippen molar-refractivity contribution in [3.05, 3.63) is 29.8 Å². The molecule has 1 aromatic carbocycles. The Morgan fingerprint density at radius 3 is 2.64 bits per heavy atom. The second kappa shape index (κ2) is 7.94. The first-order chi connectivity index (χ1) is 10.6. The van der Waals surface area contributed by atoms with Gasteiger partial charge in [-0.15, -0.1) is 0 Å². The van der Waals surface area contributed by atoms with Crippen LogP contribution >= 0.6 is 0 Å². The third-order valence-corrected chi connectivity index (χ3v) is 3.88. The molecule has 0 aromatic heterocycles. The van der Waals surface area contributed by atoms with Gasteiger partial charge in [0.05, 0.1) is 24.5 Å². The highest BCUT2D eigenvalue weighted by Crippen LogP contribution is 2.19. The molecule has 22 heavy (non-hydrogen) atoms. The number of morpholine rings is 1. The average Bonchev–Trinajstić information content (AvgIpc) is 2.55. The largest absolute Gasteiger partial charge is 0.378 e. The van der Waals surface area contributed by atoms with Gasteiger partial charge in [0.25, 0.3) is 5.91 Å². The molecule has 0 saturated carbocycles. The maximum Gasteiger partial charge on any atom is 0.256 e. The zero-order valence-electron chi connectivity index (χ0n) is 13.3. The Morgan fingerprint density at radius 2 is 1.95 bits per heavy atom. The minimum Gasteiger partial charge on any atom is -0.378 e. The second-order valence-corrected chi connectivity index (χ2v) is 5.63. The molecule has 1 saturated heterocycles. The van der Waals surface area contributed by atoms with E-state index < -0.39 is 0 Å². The number of hydrogen-bond donors (Lipinski definition) is 1. The highest BCUT2D eigenvalue weighted by Gasteiger charge is 2.22. The number of rotatable bonds is 5. The standard InChI is InChI=1S/C17H24N2O3/c1-3-6-13(2)16(20)18-15-8-5-4-7-14(15)17(21)19-9-11-22-12-10-19/h4-5,7-8,13H,3,6,9-12H2,1-2H3,(H,18,20)/t13-/m1/s1. The quantitative estimate of drug-likeness (QED) is 0.909. The van der Waals surface area contributed by atoms with E-state index in [1.807, 2.05) is 19.1 Å². The van der Waals surface area contributed by atoms with E-state index in [-0.39, 0.29) is 17.7 Å². The summed E-state index contributed by atoms with van der Waals surface area (Å²) in [6, 6.07) is 7.19. The van der Waals surface area contributed by atoms with E-state index in [1.54, 1.807) is 17.0 Å². The molecular formula is C17H24N2O3. The molecule has 1 fully saturated rings.